The van der Waals surface area contributed by atoms with Crippen molar-refractivity contribution in [1.82, 2.24) is 4.90 Å². The Morgan fingerprint density at radius 1 is 1.20 bits per heavy atom. The Morgan fingerprint density at radius 2 is 1.80 bits per heavy atom. The highest BCUT2D eigenvalue weighted by Gasteiger charge is 2.08. The average molecular weight is 207 g/mol. The van der Waals surface area contributed by atoms with Gasteiger partial charge < -0.3 is 9.64 Å². The first-order chi connectivity index (χ1) is 7.11. The predicted molar refractivity (Wildman–Crippen MR) is 64.4 cm³/mol. The molecule has 0 saturated carbocycles. The first kappa shape index (κ1) is 12.1. The van der Waals surface area contributed by atoms with Crippen LogP contribution in [0.15, 0.2) is 24.3 Å². The lowest BCUT2D eigenvalue weighted by Gasteiger charge is -2.21. The SMILES string of the molecule is CCC(CN(C)C)Oc1ccc(C)cc1. The summed E-state index contributed by atoms with van der Waals surface area (Å²) in [6, 6.07) is 8.23. The highest BCUT2D eigenvalue weighted by atomic mass is 16.5. The minimum atomic E-state index is 0.280. The number of likely N-dealkylation sites (N-methyl/N-ethyl adjacent to an activating group) is 1. The first-order valence-corrected chi connectivity index (χ1v) is 5.50. The molecule has 0 aliphatic heterocycles. The van der Waals surface area contributed by atoms with Gasteiger partial charge >= 0.3 is 0 Å². The van der Waals surface area contributed by atoms with Gasteiger partial charge in [-0.25, -0.2) is 0 Å². The zero-order valence-corrected chi connectivity index (χ0v) is 10.2. The smallest absolute Gasteiger partial charge is 0.119 e. The maximum Gasteiger partial charge on any atom is 0.119 e. The van der Waals surface area contributed by atoms with Crippen molar-refractivity contribution in [2.75, 3.05) is 20.6 Å². The van der Waals surface area contributed by atoms with Gasteiger partial charge in [0.15, 0.2) is 0 Å². The van der Waals surface area contributed by atoms with Crippen LogP contribution in [-0.2, 0) is 0 Å². The van der Waals surface area contributed by atoms with Crippen molar-refractivity contribution < 1.29 is 4.74 Å². The van der Waals surface area contributed by atoms with Crippen molar-refractivity contribution >= 4 is 0 Å². The van der Waals surface area contributed by atoms with E-state index in [1.54, 1.807) is 0 Å². The molecule has 15 heavy (non-hydrogen) atoms. The largest absolute Gasteiger partial charge is 0.489 e. The van der Waals surface area contributed by atoms with Gasteiger partial charge in [-0.05, 0) is 39.6 Å². The number of hydrogen-bond acceptors (Lipinski definition) is 2. The minimum absolute atomic E-state index is 0.280. The van der Waals surface area contributed by atoms with E-state index < -0.39 is 0 Å². The van der Waals surface area contributed by atoms with E-state index in [4.69, 9.17) is 4.74 Å². The Balaban J connectivity index is 2.54. The molecule has 1 unspecified atom stereocenters. The highest BCUT2D eigenvalue weighted by molar-refractivity contribution is 5.26. The number of benzene rings is 1. The molecule has 2 nitrogen and oxygen atoms in total. The summed E-state index contributed by atoms with van der Waals surface area (Å²) in [7, 11) is 4.14. The molecule has 2 heteroatoms. The summed E-state index contributed by atoms with van der Waals surface area (Å²) >= 11 is 0. The molecule has 0 bridgehead atoms. The van der Waals surface area contributed by atoms with Gasteiger partial charge in [0.05, 0.1) is 0 Å². The van der Waals surface area contributed by atoms with Crippen molar-refractivity contribution in [1.29, 1.82) is 0 Å². The molecule has 0 aliphatic rings. The highest BCUT2D eigenvalue weighted by Crippen LogP contribution is 2.14. The molecule has 0 aliphatic carbocycles. The van der Waals surface area contributed by atoms with Gasteiger partial charge in [-0.15, -0.1) is 0 Å². The first-order valence-electron chi connectivity index (χ1n) is 5.50. The Morgan fingerprint density at radius 3 is 2.27 bits per heavy atom. The van der Waals surface area contributed by atoms with E-state index in [1.165, 1.54) is 5.56 Å². The zero-order valence-electron chi connectivity index (χ0n) is 10.2. The molecule has 1 rings (SSSR count). The van der Waals surface area contributed by atoms with Gasteiger partial charge in [0, 0.05) is 6.54 Å². The summed E-state index contributed by atoms with van der Waals surface area (Å²) in [4.78, 5) is 2.16. The average Bonchev–Trinajstić information content (AvgIpc) is 2.19. The van der Waals surface area contributed by atoms with Gasteiger partial charge in [0.25, 0.3) is 0 Å². The number of nitrogens with zero attached hydrogens (tertiary/aromatic N) is 1. The molecule has 0 fully saturated rings. The topological polar surface area (TPSA) is 12.5 Å². The van der Waals surface area contributed by atoms with Gasteiger partial charge in [-0.3, -0.25) is 0 Å². The van der Waals surface area contributed by atoms with Crippen LogP contribution in [0.2, 0.25) is 0 Å². The van der Waals surface area contributed by atoms with Crippen LogP contribution in [0.1, 0.15) is 18.9 Å². The molecule has 1 aromatic carbocycles. The monoisotopic (exact) mass is 207 g/mol. The maximum atomic E-state index is 5.89. The van der Waals surface area contributed by atoms with Gasteiger partial charge in [0.2, 0.25) is 0 Å². The van der Waals surface area contributed by atoms with Crippen LogP contribution < -0.4 is 4.74 Å². The summed E-state index contributed by atoms with van der Waals surface area (Å²) in [5.41, 5.74) is 1.27. The van der Waals surface area contributed by atoms with Crippen LogP contribution >= 0.6 is 0 Å². The van der Waals surface area contributed by atoms with E-state index in [0.29, 0.717) is 0 Å². The standard InChI is InChI=1S/C13H21NO/c1-5-12(10-14(3)4)15-13-8-6-11(2)7-9-13/h6-9,12H,5,10H2,1-4H3. The predicted octanol–water partition coefficient (Wildman–Crippen LogP) is 2.71. The molecule has 1 aromatic rings. The van der Waals surface area contributed by atoms with Crippen LogP contribution in [0.3, 0.4) is 0 Å². The maximum absolute atomic E-state index is 5.89. The van der Waals surface area contributed by atoms with Crippen LogP contribution in [0, 0.1) is 6.92 Å². The summed E-state index contributed by atoms with van der Waals surface area (Å²) in [6.45, 7) is 5.20. The Kier molecular flexibility index (Phi) is 4.63. The van der Waals surface area contributed by atoms with Crippen molar-refractivity contribution in [2.24, 2.45) is 0 Å². The van der Waals surface area contributed by atoms with Gasteiger partial charge in [-0.1, -0.05) is 24.6 Å². The lowest BCUT2D eigenvalue weighted by atomic mass is 10.2. The lowest BCUT2D eigenvalue weighted by molar-refractivity contribution is 0.156. The molecular formula is C13H21NO. The molecule has 0 saturated heterocycles. The van der Waals surface area contributed by atoms with E-state index in [0.717, 1.165) is 18.7 Å². The quantitative estimate of drug-likeness (QED) is 0.736. The zero-order chi connectivity index (χ0) is 11.3. The fourth-order valence-electron chi connectivity index (χ4n) is 1.47. The van der Waals surface area contributed by atoms with Crippen LogP contribution in [0.5, 0.6) is 5.75 Å². The molecule has 0 N–H and O–H groups in total. The van der Waals surface area contributed by atoms with E-state index in [-0.39, 0.29) is 6.10 Å². The molecule has 0 aromatic heterocycles. The van der Waals surface area contributed by atoms with Crippen molar-refractivity contribution in [3.8, 4) is 5.75 Å². The molecule has 0 spiro atoms. The summed E-state index contributed by atoms with van der Waals surface area (Å²) in [6.07, 6.45) is 1.31. The van der Waals surface area contributed by atoms with Crippen molar-refractivity contribution in [3.63, 3.8) is 0 Å². The second-order valence-corrected chi connectivity index (χ2v) is 4.22. The van der Waals surface area contributed by atoms with Gasteiger partial charge in [-0.2, -0.15) is 0 Å². The Bertz CT molecular complexity index is 279. The van der Waals surface area contributed by atoms with Gasteiger partial charge in [0.1, 0.15) is 11.9 Å². The third-order valence-corrected chi connectivity index (χ3v) is 2.35. The lowest BCUT2D eigenvalue weighted by Crippen LogP contribution is -2.30. The molecule has 0 radical (unpaired) electrons. The number of aryl methyl sites for hydroxylation is 1. The fourth-order valence-corrected chi connectivity index (χ4v) is 1.47. The van der Waals surface area contributed by atoms with Crippen molar-refractivity contribution in [2.45, 2.75) is 26.4 Å². The van der Waals surface area contributed by atoms with Crippen molar-refractivity contribution in [3.05, 3.63) is 29.8 Å². The summed E-state index contributed by atoms with van der Waals surface area (Å²) in [5, 5.41) is 0. The normalized spacial score (nSPS) is 12.9. The second kappa shape index (κ2) is 5.76. The Labute approximate surface area is 92.9 Å². The molecule has 1 atom stereocenters. The van der Waals surface area contributed by atoms with E-state index >= 15 is 0 Å². The fraction of sp³-hybridized carbons (Fsp3) is 0.538. The second-order valence-electron chi connectivity index (χ2n) is 4.22. The van der Waals surface area contributed by atoms with E-state index in [9.17, 15) is 0 Å². The molecule has 0 heterocycles. The van der Waals surface area contributed by atoms with Crippen LogP contribution in [0.25, 0.3) is 0 Å². The third kappa shape index (κ3) is 4.34. The molecule has 84 valence electrons. The Hall–Kier alpha value is -1.02. The molecular weight excluding hydrogens is 186 g/mol. The van der Waals surface area contributed by atoms with Crippen LogP contribution in [-0.4, -0.2) is 31.6 Å². The van der Waals surface area contributed by atoms with Crippen LogP contribution in [0.4, 0.5) is 0 Å². The van der Waals surface area contributed by atoms with E-state index in [2.05, 4.69) is 45.0 Å². The summed E-state index contributed by atoms with van der Waals surface area (Å²) < 4.78 is 5.89. The third-order valence-electron chi connectivity index (χ3n) is 2.35. The van der Waals surface area contributed by atoms with E-state index in [1.807, 2.05) is 12.1 Å². The number of ether oxygens (including phenoxy) is 1. The number of hydrogen-bond donors (Lipinski definition) is 0. The number of rotatable bonds is 5. The summed E-state index contributed by atoms with van der Waals surface area (Å²) in [5.74, 6) is 0.967. The molecule has 0 amide bonds. The minimum Gasteiger partial charge on any atom is -0.489 e.